The van der Waals surface area contributed by atoms with Crippen molar-refractivity contribution in [3.63, 3.8) is 0 Å². The SMILES string of the molecule is COc1cc2c(cc1-c1cnn(C(C)C)c1)C1(CC1)N(C(C)C)n1cc(C(=O)O)c(=O)cc1-2. The highest BCUT2D eigenvalue weighted by atomic mass is 16.5. The van der Waals surface area contributed by atoms with E-state index in [9.17, 15) is 14.7 Å². The maximum Gasteiger partial charge on any atom is 0.341 e. The van der Waals surface area contributed by atoms with E-state index in [1.165, 1.54) is 12.3 Å². The average molecular weight is 449 g/mol. The second kappa shape index (κ2) is 7.23. The van der Waals surface area contributed by atoms with Crippen LogP contribution < -0.4 is 15.2 Å². The number of carbonyl (C=O) groups is 1. The van der Waals surface area contributed by atoms with E-state index < -0.39 is 11.4 Å². The van der Waals surface area contributed by atoms with Gasteiger partial charge in [0.05, 0.1) is 24.5 Å². The van der Waals surface area contributed by atoms with E-state index in [1.807, 2.05) is 27.8 Å². The molecule has 2 aromatic heterocycles. The quantitative estimate of drug-likeness (QED) is 0.634. The zero-order valence-electron chi connectivity index (χ0n) is 19.5. The number of nitrogens with zero attached hydrogens (tertiary/aromatic N) is 4. The van der Waals surface area contributed by atoms with Crippen LogP contribution in [0.25, 0.3) is 22.4 Å². The largest absolute Gasteiger partial charge is 0.496 e. The van der Waals surface area contributed by atoms with Gasteiger partial charge in [0.2, 0.25) is 0 Å². The minimum Gasteiger partial charge on any atom is -0.496 e. The third-order valence-electron chi connectivity index (χ3n) is 6.70. The van der Waals surface area contributed by atoms with Crippen molar-refractivity contribution in [1.82, 2.24) is 14.5 Å². The first-order chi connectivity index (χ1) is 15.7. The molecular formula is C25H28N4O4. The Morgan fingerprint density at radius 2 is 1.82 bits per heavy atom. The van der Waals surface area contributed by atoms with Gasteiger partial charge in [-0.15, -0.1) is 0 Å². The van der Waals surface area contributed by atoms with Gasteiger partial charge in [0.15, 0.2) is 5.43 Å². The lowest BCUT2D eigenvalue weighted by molar-refractivity contribution is 0.0694. The summed E-state index contributed by atoms with van der Waals surface area (Å²) in [4.78, 5) is 24.3. The van der Waals surface area contributed by atoms with Gasteiger partial charge in [0.1, 0.15) is 11.3 Å². The first-order valence-corrected chi connectivity index (χ1v) is 11.2. The predicted octanol–water partition coefficient (Wildman–Crippen LogP) is 4.02. The van der Waals surface area contributed by atoms with Gasteiger partial charge in [0, 0.05) is 47.2 Å². The number of benzene rings is 1. The molecule has 1 saturated carbocycles. The molecule has 8 heteroatoms. The fraction of sp³-hybridized carbons (Fsp3) is 0.400. The lowest BCUT2D eigenvalue weighted by Crippen LogP contribution is -2.52. The first-order valence-electron chi connectivity index (χ1n) is 11.2. The third kappa shape index (κ3) is 3.08. The summed E-state index contributed by atoms with van der Waals surface area (Å²) in [5.74, 6) is -0.531. The van der Waals surface area contributed by atoms with E-state index in [1.54, 1.807) is 7.11 Å². The summed E-state index contributed by atoms with van der Waals surface area (Å²) >= 11 is 0. The zero-order valence-corrected chi connectivity index (χ0v) is 19.5. The van der Waals surface area contributed by atoms with Gasteiger partial charge in [-0.2, -0.15) is 5.10 Å². The Morgan fingerprint density at radius 3 is 2.36 bits per heavy atom. The van der Waals surface area contributed by atoms with Crippen molar-refractivity contribution < 1.29 is 14.6 Å². The smallest absolute Gasteiger partial charge is 0.341 e. The highest BCUT2D eigenvalue weighted by molar-refractivity contribution is 5.88. The van der Waals surface area contributed by atoms with Gasteiger partial charge in [-0.25, -0.2) is 4.79 Å². The van der Waals surface area contributed by atoms with Crippen LogP contribution in [0.1, 0.15) is 62.5 Å². The lowest BCUT2D eigenvalue weighted by Gasteiger charge is -2.45. The second-order valence-electron chi connectivity index (χ2n) is 9.46. The van der Waals surface area contributed by atoms with E-state index >= 15 is 0 Å². The highest BCUT2D eigenvalue weighted by Crippen LogP contribution is 2.57. The number of carboxylic acids is 1. The fourth-order valence-corrected chi connectivity index (χ4v) is 5.08. The maximum atomic E-state index is 12.7. The molecule has 0 saturated heterocycles. The summed E-state index contributed by atoms with van der Waals surface area (Å²) in [6.07, 6.45) is 7.24. The lowest BCUT2D eigenvalue weighted by atomic mass is 9.88. The van der Waals surface area contributed by atoms with Gasteiger partial charge in [0.25, 0.3) is 0 Å². The van der Waals surface area contributed by atoms with E-state index in [-0.39, 0.29) is 23.2 Å². The molecule has 0 atom stereocenters. The van der Waals surface area contributed by atoms with Crippen LogP contribution in [0.15, 0.2) is 41.6 Å². The Hall–Kier alpha value is -3.55. The maximum absolute atomic E-state index is 12.7. The van der Waals surface area contributed by atoms with E-state index in [4.69, 9.17) is 4.74 Å². The van der Waals surface area contributed by atoms with Gasteiger partial charge >= 0.3 is 5.97 Å². The van der Waals surface area contributed by atoms with Crippen LogP contribution in [0.2, 0.25) is 0 Å². The molecule has 1 aromatic carbocycles. The molecule has 3 heterocycles. The summed E-state index contributed by atoms with van der Waals surface area (Å²) in [6, 6.07) is 5.91. The van der Waals surface area contributed by atoms with Gasteiger partial charge < -0.3 is 9.84 Å². The van der Waals surface area contributed by atoms with Crippen molar-refractivity contribution in [1.29, 1.82) is 0 Å². The Bertz CT molecular complexity index is 1330. The van der Waals surface area contributed by atoms with Gasteiger partial charge in [-0.1, -0.05) is 0 Å². The molecule has 0 unspecified atom stereocenters. The van der Waals surface area contributed by atoms with Crippen molar-refractivity contribution in [3.05, 3.63) is 58.1 Å². The van der Waals surface area contributed by atoms with Crippen LogP contribution in [0.4, 0.5) is 0 Å². The molecule has 1 fully saturated rings. The van der Waals surface area contributed by atoms with Crippen molar-refractivity contribution in [2.45, 2.75) is 58.2 Å². The minimum absolute atomic E-state index is 0.0952. The number of aromatic carboxylic acids is 1. The van der Waals surface area contributed by atoms with Crippen LogP contribution in [0.3, 0.4) is 0 Å². The molecule has 1 spiro atoms. The number of pyridine rings is 1. The predicted molar refractivity (Wildman–Crippen MR) is 126 cm³/mol. The molecule has 0 bridgehead atoms. The molecule has 0 amide bonds. The van der Waals surface area contributed by atoms with E-state index in [0.29, 0.717) is 11.4 Å². The third-order valence-corrected chi connectivity index (χ3v) is 6.70. The molecule has 33 heavy (non-hydrogen) atoms. The Balaban J connectivity index is 1.79. The highest BCUT2D eigenvalue weighted by Gasteiger charge is 2.55. The monoisotopic (exact) mass is 448 g/mol. The molecule has 0 radical (unpaired) electrons. The first kappa shape index (κ1) is 21.3. The normalized spacial score (nSPS) is 15.7. The van der Waals surface area contributed by atoms with Crippen molar-refractivity contribution >= 4 is 5.97 Å². The standard InChI is InChI=1S/C25H28N4O4/c1-14(2)27-12-16(11-26-27)17-8-20-18(9-23(17)33-5)21-10-22(30)19(24(31)32)13-28(21)29(15(3)4)25(20)6-7-25/h8-15H,6-7H2,1-5H3,(H,31,32). The van der Waals surface area contributed by atoms with Crippen LogP contribution in [-0.2, 0) is 5.54 Å². The van der Waals surface area contributed by atoms with Crippen LogP contribution in [0.5, 0.6) is 5.75 Å². The zero-order chi connectivity index (χ0) is 23.7. The van der Waals surface area contributed by atoms with Gasteiger partial charge in [-0.3, -0.25) is 19.2 Å². The summed E-state index contributed by atoms with van der Waals surface area (Å²) < 4.78 is 9.56. The summed E-state index contributed by atoms with van der Waals surface area (Å²) in [6.45, 7) is 8.34. The molecule has 3 aromatic rings. The molecule has 8 nitrogen and oxygen atoms in total. The number of hydrogen-bond acceptors (Lipinski definition) is 5. The second-order valence-corrected chi connectivity index (χ2v) is 9.46. The number of rotatable bonds is 5. The number of ether oxygens (including phenoxy) is 1. The Morgan fingerprint density at radius 1 is 1.09 bits per heavy atom. The number of fused-ring (bicyclic) bond motifs is 4. The van der Waals surface area contributed by atoms with Gasteiger partial charge in [-0.05, 0) is 58.2 Å². The summed E-state index contributed by atoms with van der Waals surface area (Å²) in [5.41, 5.74) is 3.65. The molecule has 2 aliphatic rings. The van der Waals surface area contributed by atoms with Crippen LogP contribution in [0, 0.1) is 0 Å². The van der Waals surface area contributed by atoms with E-state index in [0.717, 1.165) is 35.1 Å². The van der Waals surface area contributed by atoms with Crippen molar-refractivity contribution in [2.24, 2.45) is 0 Å². The Kier molecular flexibility index (Phi) is 4.67. The molecule has 1 aliphatic heterocycles. The van der Waals surface area contributed by atoms with Crippen LogP contribution >= 0.6 is 0 Å². The Labute approximate surface area is 192 Å². The fourth-order valence-electron chi connectivity index (χ4n) is 5.08. The van der Waals surface area contributed by atoms with Crippen molar-refractivity contribution in [2.75, 3.05) is 12.1 Å². The average Bonchev–Trinajstić information content (AvgIpc) is 3.37. The number of carboxylic acid groups (broad SMARTS) is 1. The molecule has 172 valence electrons. The number of aromatic nitrogens is 3. The number of hydrogen-bond donors (Lipinski definition) is 1. The number of methoxy groups -OCH3 is 1. The van der Waals surface area contributed by atoms with E-state index in [2.05, 4.69) is 43.9 Å². The molecule has 1 N–H and O–H groups in total. The summed E-state index contributed by atoms with van der Waals surface area (Å²) in [7, 11) is 1.63. The van der Waals surface area contributed by atoms with Crippen LogP contribution in [-0.4, -0.2) is 38.7 Å². The topological polar surface area (TPSA) is 89.6 Å². The molecule has 1 aliphatic carbocycles. The molecular weight excluding hydrogens is 420 g/mol. The molecule has 5 rings (SSSR count). The van der Waals surface area contributed by atoms with Crippen molar-refractivity contribution in [3.8, 4) is 28.1 Å². The summed E-state index contributed by atoms with van der Waals surface area (Å²) in [5, 5.41) is 16.3. The minimum atomic E-state index is -1.22.